The summed E-state index contributed by atoms with van der Waals surface area (Å²) in [5.41, 5.74) is 2.61. The highest BCUT2D eigenvalue weighted by molar-refractivity contribution is 5.74. The lowest BCUT2D eigenvalue weighted by atomic mass is 9.93. The number of carbonyl (C=O) groups is 1. The lowest BCUT2D eigenvalue weighted by molar-refractivity contribution is -0.144. The minimum atomic E-state index is -0.0914. The third kappa shape index (κ3) is 2.77. The monoisotopic (exact) mass is 341 g/mol. The molecule has 1 aliphatic rings. The lowest BCUT2D eigenvalue weighted by Crippen LogP contribution is -2.10. The number of nitrogens with zero attached hydrogens (tertiary/aromatic N) is 4. The maximum Gasteiger partial charge on any atom is 0.306 e. The summed E-state index contributed by atoms with van der Waals surface area (Å²) in [6, 6.07) is 2.01. The number of esters is 1. The summed E-state index contributed by atoms with van der Waals surface area (Å²) in [5.74, 6) is 2.06. The molecule has 4 rings (SSSR count). The maximum absolute atomic E-state index is 11.9. The van der Waals surface area contributed by atoms with Crippen LogP contribution in [0.2, 0.25) is 0 Å². The van der Waals surface area contributed by atoms with Gasteiger partial charge in [-0.05, 0) is 37.7 Å². The zero-order valence-electron chi connectivity index (χ0n) is 14.6. The molecule has 7 nitrogen and oxygen atoms in total. The number of hydrogen-bond acceptors (Lipinski definition) is 5. The van der Waals surface area contributed by atoms with Crippen LogP contribution in [0.5, 0.6) is 0 Å². The van der Waals surface area contributed by atoms with Crippen LogP contribution in [0.25, 0.3) is 16.8 Å². The molecule has 0 aromatic carbocycles. The van der Waals surface area contributed by atoms with Crippen molar-refractivity contribution in [1.82, 2.24) is 24.6 Å². The molecule has 1 N–H and O–H groups in total. The van der Waals surface area contributed by atoms with E-state index in [1.54, 1.807) is 6.20 Å². The van der Waals surface area contributed by atoms with E-state index in [1.807, 2.05) is 19.2 Å². The molecule has 3 atom stereocenters. The normalized spacial score (nSPS) is 23.5. The van der Waals surface area contributed by atoms with Crippen LogP contribution in [0.1, 0.15) is 51.3 Å². The highest BCUT2D eigenvalue weighted by Crippen LogP contribution is 2.45. The van der Waals surface area contributed by atoms with Gasteiger partial charge in [0.05, 0.1) is 18.3 Å². The van der Waals surface area contributed by atoms with Gasteiger partial charge in [0.2, 0.25) is 0 Å². The number of carbonyl (C=O) groups excluding carboxylic acids is 1. The van der Waals surface area contributed by atoms with Crippen molar-refractivity contribution in [2.75, 3.05) is 6.61 Å². The number of ether oxygens (including phenoxy) is 1. The fourth-order valence-electron chi connectivity index (χ4n) is 4.27. The van der Waals surface area contributed by atoms with Crippen LogP contribution in [-0.4, -0.2) is 37.1 Å². The number of nitrogens with one attached hydrogen (secondary N) is 1. The van der Waals surface area contributed by atoms with E-state index >= 15 is 0 Å². The molecule has 1 aliphatic carbocycles. The Bertz CT molecular complexity index is 899. The Morgan fingerprint density at radius 3 is 3.04 bits per heavy atom. The third-order valence-corrected chi connectivity index (χ3v) is 5.38. The number of aromatic nitrogens is 5. The Labute approximate surface area is 145 Å². The molecule has 3 heterocycles. The first-order valence-corrected chi connectivity index (χ1v) is 9.04. The topological polar surface area (TPSA) is 85.2 Å². The molecule has 0 radical (unpaired) electrons. The Morgan fingerprint density at radius 1 is 1.36 bits per heavy atom. The van der Waals surface area contributed by atoms with Crippen molar-refractivity contribution in [2.24, 2.45) is 11.8 Å². The molecule has 0 spiro atoms. The molecule has 25 heavy (non-hydrogen) atoms. The number of fused-ring (bicyclic) bond motifs is 3. The van der Waals surface area contributed by atoms with Crippen LogP contribution in [0.3, 0.4) is 0 Å². The Balaban J connectivity index is 1.67. The van der Waals surface area contributed by atoms with E-state index in [0.717, 1.165) is 41.9 Å². The second kappa shape index (κ2) is 6.46. The van der Waals surface area contributed by atoms with E-state index in [1.165, 1.54) is 0 Å². The number of H-pyrrole nitrogens is 1. The number of rotatable bonds is 5. The molecule has 1 fully saturated rings. The maximum atomic E-state index is 11.9. The summed E-state index contributed by atoms with van der Waals surface area (Å²) in [7, 11) is 0. The average molecular weight is 341 g/mol. The third-order valence-electron chi connectivity index (χ3n) is 5.38. The summed E-state index contributed by atoms with van der Waals surface area (Å²) >= 11 is 0. The van der Waals surface area contributed by atoms with Gasteiger partial charge < -0.3 is 9.72 Å². The number of hydrogen-bond donors (Lipinski definition) is 1. The minimum absolute atomic E-state index is 0.0914. The van der Waals surface area contributed by atoms with Crippen molar-refractivity contribution in [1.29, 1.82) is 0 Å². The van der Waals surface area contributed by atoms with Crippen molar-refractivity contribution in [3.05, 3.63) is 24.3 Å². The predicted octanol–water partition coefficient (Wildman–Crippen LogP) is 3.08. The molecule has 0 aliphatic heterocycles. The first-order chi connectivity index (χ1) is 12.2. The van der Waals surface area contributed by atoms with Crippen molar-refractivity contribution >= 4 is 22.8 Å². The summed E-state index contributed by atoms with van der Waals surface area (Å²) in [4.78, 5) is 19.4. The van der Waals surface area contributed by atoms with Crippen LogP contribution in [0.15, 0.2) is 18.5 Å². The van der Waals surface area contributed by atoms with Gasteiger partial charge in [0, 0.05) is 18.5 Å². The Morgan fingerprint density at radius 2 is 2.24 bits per heavy atom. The van der Waals surface area contributed by atoms with Gasteiger partial charge in [0.1, 0.15) is 5.82 Å². The summed E-state index contributed by atoms with van der Waals surface area (Å²) in [6.07, 6.45) is 7.19. The predicted molar refractivity (Wildman–Crippen MR) is 93.1 cm³/mol. The van der Waals surface area contributed by atoms with Gasteiger partial charge in [-0.15, -0.1) is 10.2 Å². The van der Waals surface area contributed by atoms with E-state index in [4.69, 9.17) is 4.74 Å². The fraction of sp³-hybridized carbons (Fsp3) is 0.556. The zero-order chi connectivity index (χ0) is 17.4. The molecule has 0 saturated heterocycles. The van der Waals surface area contributed by atoms with E-state index in [9.17, 15) is 4.79 Å². The van der Waals surface area contributed by atoms with Crippen LogP contribution < -0.4 is 0 Å². The van der Waals surface area contributed by atoms with E-state index in [2.05, 4.69) is 31.5 Å². The van der Waals surface area contributed by atoms with E-state index < -0.39 is 0 Å². The van der Waals surface area contributed by atoms with Crippen LogP contribution in [0.4, 0.5) is 0 Å². The second-order valence-corrected chi connectivity index (χ2v) is 6.84. The Hall–Kier alpha value is -2.44. The highest BCUT2D eigenvalue weighted by atomic mass is 16.5. The van der Waals surface area contributed by atoms with Gasteiger partial charge in [-0.2, -0.15) is 0 Å². The summed E-state index contributed by atoms with van der Waals surface area (Å²) in [5, 5.41) is 8.82. The van der Waals surface area contributed by atoms with Gasteiger partial charge >= 0.3 is 5.97 Å². The van der Waals surface area contributed by atoms with E-state index in [0.29, 0.717) is 30.8 Å². The van der Waals surface area contributed by atoms with E-state index in [-0.39, 0.29) is 5.97 Å². The van der Waals surface area contributed by atoms with Gasteiger partial charge in [-0.25, -0.2) is 4.98 Å². The SMILES string of the molecule is CCOC(=O)C[C@@H]1CC(c2nnc3cnc4[nH]ccc4n23)[C@H](CC)C1. The largest absolute Gasteiger partial charge is 0.466 e. The van der Waals surface area contributed by atoms with Gasteiger partial charge in [-0.1, -0.05) is 13.3 Å². The first-order valence-electron chi connectivity index (χ1n) is 9.04. The fourth-order valence-corrected chi connectivity index (χ4v) is 4.27. The molecular formula is C18H23N5O2. The van der Waals surface area contributed by atoms with Crippen LogP contribution in [0, 0.1) is 11.8 Å². The molecular weight excluding hydrogens is 318 g/mol. The van der Waals surface area contributed by atoms with Gasteiger partial charge in [-0.3, -0.25) is 9.20 Å². The summed E-state index contributed by atoms with van der Waals surface area (Å²) in [6.45, 7) is 4.50. The molecule has 0 bridgehead atoms. The van der Waals surface area contributed by atoms with Crippen molar-refractivity contribution in [3.63, 3.8) is 0 Å². The molecule has 132 valence electrons. The standard InChI is InChI=1S/C18H23N5O2/c1-3-12-7-11(9-16(24)25-4-2)8-13(12)18-22-21-15-10-20-17-14(23(15)18)5-6-19-17/h5-6,10-13,19H,3-4,7-9H2,1-2H3/t11-,12+,13?/m0/s1. The van der Waals surface area contributed by atoms with Crippen LogP contribution >= 0.6 is 0 Å². The minimum Gasteiger partial charge on any atom is -0.466 e. The molecule has 1 unspecified atom stereocenters. The zero-order valence-corrected chi connectivity index (χ0v) is 14.6. The second-order valence-electron chi connectivity index (χ2n) is 6.84. The van der Waals surface area contributed by atoms with Crippen molar-refractivity contribution in [2.45, 2.75) is 45.4 Å². The molecule has 0 amide bonds. The molecule has 1 saturated carbocycles. The molecule has 7 heteroatoms. The van der Waals surface area contributed by atoms with Crippen LogP contribution in [-0.2, 0) is 9.53 Å². The smallest absolute Gasteiger partial charge is 0.306 e. The quantitative estimate of drug-likeness (QED) is 0.721. The lowest BCUT2D eigenvalue weighted by Gasteiger charge is -2.16. The highest BCUT2D eigenvalue weighted by Gasteiger charge is 2.38. The van der Waals surface area contributed by atoms with Crippen molar-refractivity contribution in [3.8, 4) is 0 Å². The van der Waals surface area contributed by atoms with Gasteiger partial charge in [0.25, 0.3) is 0 Å². The summed E-state index contributed by atoms with van der Waals surface area (Å²) < 4.78 is 7.24. The first kappa shape index (κ1) is 16.1. The molecule has 3 aromatic heterocycles. The Kier molecular flexibility index (Phi) is 4.15. The average Bonchev–Trinajstić information content (AvgIpc) is 3.31. The van der Waals surface area contributed by atoms with Gasteiger partial charge in [0.15, 0.2) is 11.3 Å². The van der Waals surface area contributed by atoms with Crippen molar-refractivity contribution < 1.29 is 9.53 Å². The number of aromatic amines is 1. The molecule has 3 aromatic rings.